The number of aromatic nitrogens is 5. The van der Waals surface area contributed by atoms with Crippen LogP contribution in [0.5, 0.6) is 0 Å². The Hall–Kier alpha value is -3.72. The summed E-state index contributed by atoms with van der Waals surface area (Å²) in [6.45, 7) is 2.06. The van der Waals surface area contributed by atoms with Gasteiger partial charge in [0, 0.05) is 24.1 Å². The van der Waals surface area contributed by atoms with Crippen molar-refractivity contribution in [2.45, 2.75) is 67.7 Å². The number of nitrogens with one attached hydrogen (secondary N) is 1. The van der Waals surface area contributed by atoms with Gasteiger partial charge in [0.1, 0.15) is 18.8 Å². The van der Waals surface area contributed by atoms with Gasteiger partial charge in [-0.1, -0.05) is 48.2 Å². The third kappa shape index (κ3) is 6.39. The van der Waals surface area contributed by atoms with Gasteiger partial charge in [0.2, 0.25) is 0 Å². The third-order valence-corrected chi connectivity index (χ3v) is 8.85. The molecule has 0 spiro atoms. The van der Waals surface area contributed by atoms with Gasteiger partial charge in [-0.25, -0.2) is 28.2 Å². The molecule has 2 aromatic heterocycles. The van der Waals surface area contributed by atoms with Crippen molar-refractivity contribution >= 4 is 34.7 Å². The van der Waals surface area contributed by atoms with Crippen LogP contribution in [0.15, 0.2) is 53.7 Å². The Kier molecular flexibility index (Phi) is 9.03. The Balaban J connectivity index is 1.15. The number of carbonyl (C=O) groups is 1. The van der Waals surface area contributed by atoms with E-state index in [4.69, 9.17) is 9.47 Å². The Morgan fingerprint density at radius 2 is 1.89 bits per heavy atom. The smallest absolute Gasteiger partial charge is 0.338 e. The van der Waals surface area contributed by atoms with Crippen molar-refractivity contribution in [2.24, 2.45) is 0 Å². The molecule has 0 unspecified atom stereocenters. The molecule has 0 bridgehead atoms. The largest absolute Gasteiger partial charge is 0.460 e. The average Bonchev–Trinajstić information content (AvgIpc) is 3.58. The van der Waals surface area contributed by atoms with E-state index < -0.39 is 42.0 Å². The Bertz CT molecular complexity index is 1630. The zero-order valence-corrected chi connectivity index (χ0v) is 24.7. The fourth-order valence-electron chi connectivity index (χ4n) is 5.40. The molecule has 3 N–H and O–H groups in total. The predicted molar refractivity (Wildman–Crippen MR) is 157 cm³/mol. The van der Waals surface area contributed by atoms with E-state index in [0.717, 1.165) is 18.2 Å². The number of hydrogen-bond acceptors (Lipinski definition) is 11. The lowest BCUT2D eigenvalue weighted by atomic mass is 10.1. The number of ether oxygens (including phenoxy) is 2. The van der Waals surface area contributed by atoms with Gasteiger partial charge in [-0.15, -0.1) is 5.10 Å². The minimum atomic E-state index is -1.21. The van der Waals surface area contributed by atoms with Crippen LogP contribution < -0.4 is 5.32 Å². The fraction of sp³-hybridized carbons (Fsp3) is 0.433. The number of thioether (sulfide) groups is 1. The zero-order valence-electron chi connectivity index (χ0n) is 23.8. The molecule has 2 fully saturated rings. The molecule has 6 rings (SSSR count). The lowest BCUT2D eigenvalue weighted by Gasteiger charge is -2.17. The summed E-state index contributed by atoms with van der Waals surface area (Å²) in [4.78, 5) is 21.5. The van der Waals surface area contributed by atoms with Crippen molar-refractivity contribution in [1.82, 2.24) is 25.0 Å². The normalized spacial score (nSPS) is 24.5. The van der Waals surface area contributed by atoms with Crippen molar-refractivity contribution in [2.75, 3.05) is 24.3 Å². The minimum Gasteiger partial charge on any atom is -0.460 e. The number of aliphatic hydroxyl groups excluding tert-OH is 2. The molecule has 2 aliphatic rings. The summed E-state index contributed by atoms with van der Waals surface area (Å²) in [5.74, 6) is -1.03. The average molecular weight is 627 g/mol. The SMILES string of the molecule is CCCSc1nc(N[C@@H]2C[C@H]2c2ccc(F)c(F)c2)c2nnn([C@@H]3C[C@H](OCCOC(=O)c4ccccc4)[C@@H](O)[C@H]3O)c2n1. The summed E-state index contributed by atoms with van der Waals surface area (Å²) in [5, 5.41) is 34.2. The molecule has 2 aliphatic carbocycles. The van der Waals surface area contributed by atoms with Crippen molar-refractivity contribution in [3.05, 3.63) is 71.3 Å². The number of carbonyl (C=O) groups excluding carboxylic acids is 1. The number of fused-ring (bicyclic) bond motifs is 1. The van der Waals surface area contributed by atoms with Crippen LogP contribution in [0.4, 0.5) is 14.6 Å². The van der Waals surface area contributed by atoms with Gasteiger partial charge in [0.15, 0.2) is 33.8 Å². The second-order valence-electron chi connectivity index (χ2n) is 10.9. The van der Waals surface area contributed by atoms with Gasteiger partial charge in [-0.05, 0) is 42.7 Å². The van der Waals surface area contributed by atoms with E-state index >= 15 is 0 Å². The molecule has 44 heavy (non-hydrogen) atoms. The van der Waals surface area contributed by atoms with Crippen LogP contribution in [0.1, 0.15) is 54.1 Å². The highest BCUT2D eigenvalue weighted by molar-refractivity contribution is 7.99. The lowest BCUT2D eigenvalue weighted by Crippen LogP contribution is -2.33. The van der Waals surface area contributed by atoms with Crippen LogP contribution in [0.3, 0.4) is 0 Å². The maximum Gasteiger partial charge on any atom is 0.338 e. The van der Waals surface area contributed by atoms with Crippen molar-refractivity contribution in [1.29, 1.82) is 0 Å². The minimum absolute atomic E-state index is 0.0169. The maximum absolute atomic E-state index is 13.8. The van der Waals surface area contributed by atoms with Gasteiger partial charge in [-0.2, -0.15) is 0 Å². The number of hydrogen-bond donors (Lipinski definition) is 3. The second kappa shape index (κ2) is 13.1. The second-order valence-corrected chi connectivity index (χ2v) is 11.9. The molecule has 0 aliphatic heterocycles. The first-order valence-corrected chi connectivity index (χ1v) is 15.5. The van der Waals surface area contributed by atoms with Crippen molar-refractivity contribution < 1.29 is 33.3 Å². The van der Waals surface area contributed by atoms with Gasteiger partial charge >= 0.3 is 5.97 Å². The number of aliphatic hydroxyl groups is 2. The topological polar surface area (TPSA) is 145 Å². The van der Waals surface area contributed by atoms with E-state index in [1.54, 1.807) is 36.4 Å². The van der Waals surface area contributed by atoms with E-state index in [9.17, 15) is 23.8 Å². The third-order valence-electron chi connectivity index (χ3n) is 7.79. The molecule has 0 radical (unpaired) electrons. The van der Waals surface area contributed by atoms with Crippen LogP contribution in [-0.4, -0.2) is 84.5 Å². The fourth-order valence-corrected chi connectivity index (χ4v) is 6.09. The van der Waals surface area contributed by atoms with Crippen LogP contribution >= 0.6 is 11.8 Å². The number of benzene rings is 2. The molecule has 14 heteroatoms. The van der Waals surface area contributed by atoms with E-state index in [2.05, 4.69) is 25.6 Å². The van der Waals surface area contributed by atoms with E-state index in [1.807, 2.05) is 6.92 Å². The van der Waals surface area contributed by atoms with Crippen LogP contribution in [0, 0.1) is 11.6 Å². The molecule has 11 nitrogen and oxygen atoms in total. The summed E-state index contributed by atoms with van der Waals surface area (Å²) in [7, 11) is 0. The molecule has 4 aromatic rings. The highest BCUT2D eigenvalue weighted by Crippen LogP contribution is 2.44. The lowest BCUT2D eigenvalue weighted by molar-refractivity contribution is -0.0648. The molecule has 2 aromatic carbocycles. The molecule has 232 valence electrons. The Morgan fingerprint density at radius 3 is 2.66 bits per heavy atom. The monoisotopic (exact) mass is 626 g/mol. The van der Waals surface area contributed by atoms with E-state index in [0.29, 0.717) is 39.7 Å². The zero-order chi connectivity index (χ0) is 30.8. The van der Waals surface area contributed by atoms with Crippen LogP contribution in [0.25, 0.3) is 11.2 Å². The summed E-state index contributed by atoms with van der Waals surface area (Å²) in [6, 6.07) is 11.8. The molecule has 2 heterocycles. The highest BCUT2D eigenvalue weighted by atomic mass is 32.2. The first-order chi connectivity index (χ1) is 21.3. The summed E-state index contributed by atoms with van der Waals surface area (Å²) < 4.78 is 39.8. The first-order valence-electron chi connectivity index (χ1n) is 14.5. The molecular weight excluding hydrogens is 594 g/mol. The van der Waals surface area contributed by atoms with Crippen molar-refractivity contribution in [3.8, 4) is 0 Å². The predicted octanol–water partition coefficient (Wildman–Crippen LogP) is 3.88. The standard InChI is InChI=1S/C30H32F2N6O5S/c1-2-12-44-30-34-27(33-21-14-18(21)17-8-9-19(31)20(32)13-17)24-28(35-30)38(37-36-24)22-15-23(26(40)25(22)39)42-10-11-43-29(41)16-6-4-3-5-7-16/h3-9,13,18,21-23,25-26,39-40H,2,10-12,14-15H2,1H3,(H,33,34,35)/t18-,21+,22+,23-,25-,26+/m0/s1. The Labute approximate surface area is 256 Å². The molecule has 2 saturated carbocycles. The van der Waals surface area contributed by atoms with Crippen LogP contribution in [-0.2, 0) is 9.47 Å². The quantitative estimate of drug-likeness (QED) is 0.0912. The number of rotatable bonds is 12. The van der Waals surface area contributed by atoms with Crippen LogP contribution in [0.2, 0.25) is 0 Å². The van der Waals surface area contributed by atoms with E-state index in [1.165, 1.54) is 22.5 Å². The number of esters is 1. The molecule has 0 amide bonds. The first kappa shape index (κ1) is 30.3. The number of halogens is 2. The molecule has 0 saturated heterocycles. The highest BCUT2D eigenvalue weighted by Gasteiger charge is 2.45. The molecule has 6 atom stereocenters. The Morgan fingerprint density at radius 1 is 1.07 bits per heavy atom. The summed E-state index contributed by atoms with van der Waals surface area (Å²) in [6.07, 6.45) is -1.33. The summed E-state index contributed by atoms with van der Waals surface area (Å²) >= 11 is 1.47. The van der Waals surface area contributed by atoms with Gasteiger partial charge in [-0.3, -0.25) is 0 Å². The van der Waals surface area contributed by atoms with E-state index in [-0.39, 0.29) is 31.6 Å². The van der Waals surface area contributed by atoms with Gasteiger partial charge in [0.05, 0.1) is 24.3 Å². The number of anilines is 1. The molecular formula is C30H32F2N6O5S. The van der Waals surface area contributed by atoms with Crippen molar-refractivity contribution in [3.63, 3.8) is 0 Å². The van der Waals surface area contributed by atoms with Gasteiger partial charge in [0.25, 0.3) is 0 Å². The number of nitrogens with zero attached hydrogens (tertiary/aromatic N) is 5. The summed E-state index contributed by atoms with van der Waals surface area (Å²) in [5.41, 5.74) is 1.90. The van der Waals surface area contributed by atoms with Gasteiger partial charge < -0.3 is 25.0 Å². The maximum atomic E-state index is 13.8.